The van der Waals surface area contributed by atoms with Crippen molar-refractivity contribution in [2.75, 3.05) is 7.05 Å². The molecule has 3 heterocycles. The molecule has 0 saturated carbocycles. The summed E-state index contributed by atoms with van der Waals surface area (Å²) < 4.78 is 56.0. The Morgan fingerprint density at radius 3 is 2.64 bits per heavy atom. The Bertz CT molecular complexity index is 1160. The first kappa shape index (κ1) is 20.2. The van der Waals surface area contributed by atoms with Gasteiger partial charge in [0.25, 0.3) is 10.0 Å². The summed E-state index contributed by atoms with van der Waals surface area (Å²) in [4.78, 5) is 15.2. The molecule has 0 fully saturated rings. The van der Waals surface area contributed by atoms with Crippen molar-refractivity contribution in [3.8, 4) is 11.3 Å². The van der Waals surface area contributed by atoms with Crippen molar-refractivity contribution in [2.45, 2.75) is 10.8 Å². The van der Waals surface area contributed by atoms with Crippen molar-refractivity contribution >= 4 is 39.1 Å². The Morgan fingerprint density at radius 1 is 1.36 bits per heavy atom. The van der Waals surface area contributed by atoms with Crippen LogP contribution >= 0.6 is 22.9 Å². The van der Waals surface area contributed by atoms with Crippen LogP contribution in [0.5, 0.6) is 0 Å². The molecule has 0 atom stereocenters. The summed E-state index contributed by atoms with van der Waals surface area (Å²) >= 11 is 6.56. The SMILES string of the molecule is CN(Cc1cn(S(=O)(=O)c2ccc(Cl)s2)c(-c2cccnc2F)c1F)C(=O)O. The molecule has 0 bridgehead atoms. The van der Waals surface area contributed by atoms with Crippen molar-refractivity contribution in [3.05, 3.63) is 58.3 Å². The largest absolute Gasteiger partial charge is 0.465 e. The molecule has 148 valence electrons. The molecule has 3 aromatic heterocycles. The van der Waals surface area contributed by atoms with E-state index < -0.39 is 40.1 Å². The number of carboxylic acid groups (broad SMARTS) is 1. The molecule has 1 amide bonds. The molecule has 1 N–H and O–H groups in total. The highest BCUT2D eigenvalue weighted by molar-refractivity contribution is 7.92. The maximum absolute atomic E-state index is 15.1. The van der Waals surface area contributed by atoms with Crippen LogP contribution in [0, 0.1) is 11.8 Å². The minimum atomic E-state index is -4.32. The number of pyridine rings is 1. The van der Waals surface area contributed by atoms with Crippen LogP contribution in [0.25, 0.3) is 11.3 Å². The normalized spacial score (nSPS) is 11.6. The second-order valence-electron chi connectivity index (χ2n) is 5.66. The average Bonchev–Trinajstić information content (AvgIpc) is 3.20. The lowest BCUT2D eigenvalue weighted by molar-refractivity contribution is 0.153. The molecule has 0 saturated heterocycles. The second kappa shape index (κ2) is 7.49. The third-order valence-corrected chi connectivity index (χ3v) is 7.15. The fourth-order valence-electron chi connectivity index (χ4n) is 2.47. The van der Waals surface area contributed by atoms with E-state index in [1.165, 1.54) is 31.3 Å². The van der Waals surface area contributed by atoms with E-state index in [2.05, 4.69) is 4.98 Å². The zero-order valence-electron chi connectivity index (χ0n) is 14.1. The topological polar surface area (TPSA) is 92.5 Å². The molecule has 3 rings (SSSR count). The summed E-state index contributed by atoms with van der Waals surface area (Å²) in [6.45, 7) is -0.441. The standard InChI is InChI=1S/C16H12ClF2N3O4S2/c1-21(16(23)24)7-9-8-22(28(25,26)12-5-4-11(17)27-12)14(13(9)18)10-3-2-6-20-15(10)19/h2-6,8H,7H2,1H3,(H,23,24). The van der Waals surface area contributed by atoms with Crippen molar-refractivity contribution in [1.82, 2.24) is 13.9 Å². The van der Waals surface area contributed by atoms with E-state index in [0.29, 0.717) is 3.97 Å². The fourth-order valence-corrected chi connectivity index (χ4v) is 5.43. The average molecular weight is 448 g/mol. The third-order valence-electron chi connectivity index (χ3n) is 3.79. The van der Waals surface area contributed by atoms with Crippen LogP contribution in [0.15, 0.2) is 40.9 Å². The predicted octanol–water partition coefficient (Wildman–Crippen LogP) is 3.89. The number of amides is 1. The van der Waals surface area contributed by atoms with Gasteiger partial charge in [0.05, 0.1) is 16.4 Å². The Hall–Kier alpha value is -2.50. The number of hydrogen-bond acceptors (Lipinski definition) is 5. The molecular weight excluding hydrogens is 436 g/mol. The first-order chi connectivity index (χ1) is 13.1. The summed E-state index contributed by atoms with van der Waals surface area (Å²) in [6, 6.07) is 5.11. The molecular formula is C16H12ClF2N3O4S2. The van der Waals surface area contributed by atoms with Gasteiger partial charge in [-0.25, -0.2) is 18.1 Å². The Kier molecular flexibility index (Phi) is 5.41. The lowest BCUT2D eigenvalue weighted by Gasteiger charge is -2.11. The monoisotopic (exact) mass is 447 g/mol. The van der Waals surface area contributed by atoms with E-state index >= 15 is 4.39 Å². The van der Waals surface area contributed by atoms with Gasteiger partial charge in [-0.05, 0) is 24.3 Å². The number of hydrogen-bond donors (Lipinski definition) is 1. The minimum Gasteiger partial charge on any atom is -0.465 e. The quantitative estimate of drug-likeness (QED) is 0.599. The van der Waals surface area contributed by atoms with Crippen LogP contribution in [-0.2, 0) is 16.6 Å². The second-order valence-corrected chi connectivity index (χ2v) is 9.41. The molecule has 0 unspecified atom stereocenters. The Balaban J connectivity index is 2.26. The highest BCUT2D eigenvalue weighted by atomic mass is 35.5. The molecule has 12 heteroatoms. The van der Waals surface area contributed by atoms with Gasteiger partial charge in [0.15, 0.2) is 5.82 Å². The lowest BCUT2D eigenvalue weighted by atomic mass is 10.2. The Morgan fingerprint density at radius 2 is 2.07 bits per heavy atom. The van der Waals surface area contributed by atoms with E-state index in [0.717, 1.165) is 28.6 Å². The highest BCUT2D eigenvalue weighted by Crippen LogP contribution is 2.34. The molecule has 7 nitrogen and oxygen atoms in total. The van der Waals surface area contributed by atoms with Gasteiger partial charge in [-0.15, -0.1) is 11.3 Å². The predicted molar refractivity (Wildman–Crippen MR) is 99.0 cm³/mol. The van der Waals surface area contributed by atoms with Crippen LogP contribution in [0.2, 0.25) is 4.34 Å². The zero-order valence-corrected chi connectivity index (χ0v) is 16.5. The molecule has 28 heavy (non-hydrogen) atoms. The van der Waals surface area contributed by atoms with Crippen molar-refractivity contribution < 1.29 is 27.1 Å². The molecule has 0 aliphatic rings. The maximum Gasteiger partial charge on any atom is 0.407 e. The molecule has 0 aliphatic carbocycles. The first-order valence-corrected chi connectivity index (χ1v) is 10.2. The number of halogens is 3. The summed E-state index contributed by atoms with van der Waals surface area (Å²) in [7, 11) is -3.13. The zero-order chi connectivity index (χ0) is 20.6. The van der Waals surface area contributed by atoms with Crippen LogP contribution in [0.4, 0.5) is 13.6 Å². The number of rotatable bonds is 5. The molecule has 0 aromatic carbocycles. The van der Waals surface area contributed by atoms with Gasteiger partial charge >= 0.3 is 6.09 Å². The van der Waals surface area contributed by atoms with Crippen LogP contribution < -0.4 is 0 Å². The van der Waals surface area contributed by atoms with Crippen molar-refractivity contribution in [1.29, 1.82) is 0 Å². The van der Waals surface area contributed by atoms with E-state index in [-0.39, 0.29) is 19.7 Å². The molecule has 0 aliphatic heterocycles. The van der Waals surface area contributed by atoms with E-state index in [1.807, 2.05) is 0 Å². The molecule has 3 aromatic rings. The van der Waals surface area contributed by atoms with Gasteiger partial charge in [-0.2, -0.15) is 12.8 Å². The van der Waals surface area contributed by atoms with Crippen molar-refractivity contribution in [2.24, 2.45) is 0 Å². The van der Waals surface area contributed by atoms with Crippen LogP contribution in [-0.4, -0.2) is 40.5 Å². The molecule has 0 spiro atoms. The fraction of sp³-hybridized carbons (Fsp3) is 0.125. The van der Waals surface area contributed by atoms with Gasteiger partial charge in [0.1, 0.15) is 9.90 Å². The number of nitrogens with zero attached hydrogens (tertiary/aromatic N) is 3. The first-order valence-electron chi connectivity index (χ1n) is 7.58. The third kappa shape index (κ3) is 3.60. The minimum absolute atomic E-state index is 0.184. The summed E-state index contributed by atoms with van der Waals surface area (Å²) in [5, 5.41) is 9.01. The van der Waals surface area contributed by atoms with Gasteiger partial charge in [0.2, 0.25) is 5.95 Å². The van der Waals surface area contributed by atoms with Gasteiger partial charge < -0.3 is 10.0 Å². The van der Waals surface area contributed by atoms with Gasteiger partial charge in [-0.1, -0.05) is 11.6 Å². The number of thiophene rings is 1. The van der Waals surface area contributed by atoms with Crippen LogP contribution in [0.3, 0.4) is 0 Å². The highest BCUT2D eigenvalue weighted by Gasteiger charge is 2.30. The summed E-state index contributed by atoms with van der Waals surface area (Å²) in [5.41, 5.74) is -1.20. The van der Waals surface area contributed by atoms with Gasteiger partial charge in [0, 0.05) is 25.0 Å². The van der Waals surface area contributed by atoms with E-state index in [1.54, 1.807) is 0 Å². The number of aromatic nitrogens is 2. The summed E-state index contributed by atoms with van der Waals surface area (Å²) in [6.07, 6.45) is 0.727. The Labute approximate surface area is 167 Å². The molecule has 0 radical (unpaired) electrons. The number of carbonyl (C=O) groups is 1. The maximum atomic E-state index is 15.1. The summed E-state index contributed by atoms with van der Waals surface area (Å²) in [5.74, 6) is -2.13. The van der Waals surface area contributed by atoms with Gasteiger partial charge in [-0.3, -0.25) is 0 Å². The van der Waals surface area contributed by atoms with E-state index in [4.69, 9.17) is 16.7 Å². The van der Waals surface area contributed by atoms with Crippen LogP contribution in [0.1, 0.15) is 5.56 Å². The van der Waals surface area contributed by atoms with Crippen molar-refractivity contribution in [3.63, 3.8) is 0 Å². The lowest BCUT2D eigenvalue weighted by Crippen LogP contribution is -2.24. The van der Waals surface area contributed by atoms with E-state index in [9.17, 15) is 17.6 Å². The smallest absolute Gasteiger partial charge is 0.407 e.